The molecule has 5 nitrogen and oxygen atoms in total. The molecule has 0 aliphatic carbocycles. The van der Waals surface area contributed by atoms with Crippen molar-refractivity contribution in [1.82, 2.24) is 0 Å². The van der Waals surface area contributed by atoms with E-state index in [0.29, 0.717) is 6.42 Å². The molecule has 0 rings (SSSR count). The summed E-state index contributed by atoms with van der Waals surface area (Å²) >= 11 is 0. The molecule has 7 heteroatoms. The molecule has 0 amide bonds. The third-order valence-electron chi connectivity index (χ3n) is 2.48. The number of nitrogens with two attached hydrogens (primary N) is 1. The van der Waals surface area contributed by atoms with Gasteiger partial charge in [0.15, 0.2) is 19.7 Å². The summed E-state index contributed by atoms with van der Waals surface area (Å²) < 4.78 is 45.8. The van der Waals surface area contributed by atoms with E-state index in [0.717, 1.165) is 0 Å². The Morgan fingerprint density at radius 3 is 1.82 bits per heavy atom. The van der Waals surface area contributed by atoms with E-state index in [1.807, 2.05) is 0 Å². The highest BCUT2D eigenvalue weighted by Gasteiger charge is 2.30. The zero-order chi connectivity index (χ0) is 13.9. The lowest BCUT2D eigenvalue weighted by Crippen LogP contribution is -2.33. The predicted molar refractivity (Wildman–Crippen MR) is 70.5 cm³/mol. The lowest BCUT2D eigenvalue weighted by molar-refractivity contribution is 0.559. The molecule has 0 aliphatic rings. The van der Waals surface area contributed by atoms with Gasteiger partial charge in [0.1, 0.15) is 0 Å². The van der Waals surface area contributed by atoms with Crippen LogP contribution in [0.1, 0.15) is 34.1 Å². The van der Waals surface area contributed by atoms with Crippen molar-refractivity contribution in [3.05, 3.63) is 0 Å². The number of hydrogen-bond donors (Lipinski definition) is 1. The molecule has 0 fully saturated rings. The first kappa shape index (κ1) is 16.9. The monoisotopic (exact) mass is 285 g/mol. The van der Waals surface area contributed by atoms with Gasteiger partial charge in [-0.2, -0.15) is 0 Å². The summed E-state index contributed by atoms with van der Waals surface area (Å²) in [6, 6.07) is -0.191. The van der Waals surface area contributed by atoms with Gasteiger partial charge in [-0.05, 0) is 34.1 Å². The second kappa shape index (κ2) is 5.67. The van der Waals surface area contributed by atoms with Crippen LogP contribution in [0.25, 0.3) is 0 Å². The van der Waals surface area contributed by atoms with Crippen LogP contribution in [0.4, 0.5) is 0 Å². The van der Waals surface area contributed by atoms with E-state index in [2.05, 4.69) is 0 Å². The molecule has 17 heavy (non-hydrogen) atoms. The SMILES string of the molecule is CC(N)CCS(=O)(=O)CCS(=O)(=O)C(C)(C)C. The molecule has 0 aromatic rings. The summed E-state index contributed by atoms with van der Waals surface area (Å²) in [5.74, 6) is -0.693. The summed E-state index contributed by atoms with van der Waals surface area (Å²) in [4.78, 5) is 0. The van der Waals surface area contributed by atoms with Crippen molar-refractivity contribution >= 4 is 19.7 Å². The van der Waals surface area contributed by atoms with Gasteiger partial charge in [0, 0.05) is 6.04 Å². The van der Waals surface area contributed by atoms with Gasteiger partial charge in [-0.25, -0.2) is 16.8 Å². The van der Waals surface area contributed by atoms with Crippen LogP contribution in [0.3, 0.4) is 0 Å². The Kier molecular flexibility index (Phi) is 5.62. The van der Waals surface area contributed by atoms with E-state index in [1.54, 1.807) is 27.7 Å². The van der Waals surface area contributed by atoms with Gasteiger partial charge in [-0.3, -0.25) is 0 Å². The first-order valence-corrected chi connectivity index (χ1v) is 9.03. The summed E-state index contributed by atoms with van der Waals surface area (Å²) in [6.07, 6.45) is 0.359. The minimum atomic E-state index is -3.38. The molecule has 0 aliphatic heterocycles. The minimum Gasteiger partial charge on any atom is -0.328 e. The van der Waals surface area contributed by atoms with Gasteiger partial charge >= 0.3 is 0 Å². The maximum absolute atomic E-state index is 11.7. The van der Waals surface area contributed by atoms with E-state index < -0.39 is 24.4 Å². The van der Waals surface area contributed by atoms with Crippen molar-refractivity contribution in [1.29, 1.82) is 0 Å². The molecule has 1 unspecified atom stereocenters. The first-order chi connectivity index (χ1) is 7.37. The van der Waals surface area contributed by atoms with E-state index in [1.165, 1.54) is 0 Å². The van der Waals surface area contributed by atoms with Crippen LogP contribution in [0.15, 0.2) is 0 Å². The van der Waals surface area contributed by atoms with Crippen LogP contribution >= 0.6 is 0 Å². The van der Waals surface area contributed by atoms with E-state index in [-0.39, 0.29) is 23.3 Å². The van der Waals surface area contributed by atoms with Crippen LogP contribution in [-0.2, 0) is 19.7 Å². The molecule has 2 N–H and O–H groups in total. The van der Waals surface area contributed by atoms with Crippen LogP contribution in [0.5, 0.6) is 0 Å². The molecular formula is C10H23NO4S2. The van der Waals surface area contributed by atoms with Crippen molar-refractivity contribution in [2.24, 2.45) is 5.73 Å². The normalized spacial score (nSPS) is 15.8. The van der Waals surface area contributed by atoms with Crippen molar-refractivity contribution in [2.75, 3.05) is 17.3 Å². The van der Waals surface area contributed by atoms with Gasteiger partial charge < -0.3 is 5.73 Å². The third kappa shape index (κ3) is 6.38. The van der Waals surface area contributed by atoms with Crippen molar-refractivity contribution in [2.45, 2.75) is 44.9 Å². The zero-order valence-electron chi connectivity index (χ0n) is 10.9. The smallest absolute Gasteiger partial charge is 0.156 e. The molecule has 0 radical (unpaired) electrons. The molecular weight excluding hydrogens is 262 g/mol. The molecule has 0 aromatic carbocycles. The molecule has 0 spiro atoms. The third-order valence-corrected chi connectivity index (χ3v) is 7.03. The van der Waals surface area contributed by atoms with E-state index >= 15 is 0 Å². The summed E-state index contributed by atoms with van der Waals surface area (Å²) in [6.45, 7) is 6.42. The van der Waals surface area contributed by atoms with Crippen molar-refractivity contribution in [3.8, 4) is 0 Å². The minimum absolute atomic E-state index is 0.0513. The highest BCUT2D eigenvalue weighted by molar-refractivity contribution is 7.95. The van der Waals surface area contributed by atoms with Gasteiger partial charge in [0.25, 0.3) is 0 Å². The topological polar surface area (TPSA) is 94.3 Å². The van der Waals surface area contributed by atoms with Crippen LogP contribution in [-0.4, -0.2) is 44.9 Å². The van der Waals surface area contributed by atoms with Crippen LogP contribution in [0.2, 0.25) is 0 Å². The fourth-order valence-corrected chi connectivity index (χ4v) is 4.45. The molecule has 0 heterocycles. The lowest BCUT2D eigenvalue weighted by atomic mass is 10.3. The van der Waals surface area contributed by atoms with Crippen molar-refractivity contribution in [3.63, 3.8) is 0 Å². The molecule has 1 atom stereocenters. The zero-order valence-corrected chi connectivity index (χ0v) is 12.6. The Hall–Kier alpha value is -0.140. The van der Waals surface area contributed by atoms with Crippen molar-refractivity contribution < 1.29 is 16.8 Å². The van der Waals surface area contributed by atoms with Crippen LogP contribution < -0.4 is 5.73 Å². The Morgan fingerprint density at radius 2 is 1.47 bits per heavy atom. The second-order valence-electron chi connectivity index (χ2n) is 5.35. The summed E-state index contributed by atoms with van der Waals surface area (Å²) in [5.41, 5.74) is 5.47. The van der Waals surface area contributed by atoms with Gasteiger partial charge in [-0.1, -0.05) is 0 Å². The fourth-order valence-electron chi connectivity index (χ4n) is 1.01. The summed E-state index contributed by atoms with van der Waals surface area (Å²) in [5, 5.41) is 0. The first-order valence-electron chi connectivity index (χ1n) is 5.56. The number of rotatable bonds is 6. The Balaban J connectivity index is 4.49. The molecule has 104 valence electrons. The Bertz CT molecular complexity index is 429. The standard InChI is InChI=1S/C10H23NO4S2/c1-9(11)5-6-16(12,13)7-8-17(14,15)10(2,3)4/h9H,5-8,11H2,1-4H3. The lowest BCUT2D eigenvalue weighted by Gasteiger charge is -2.19. The fraction of sp³-hybridized carbons (Fsp3) is 1.00. The quantitative estimate of drug-likeness (QED) is 0.760. The maximum Gasteiger partial charge on any atom is 0.156 e. The summed E-state index contributed by atoms with van der Waals surface area (Å²) in [7, 11) is -6.71. The largest absolute Gasteiger partial charge is 0.328 e. The van der Waals surface area contributed by atoms with Gasteiger partial charge in [-0.15, -0.1) is 0 Å². The molecule has 0 aromatic heterocycles. The molecule has 0 saturated heterocycles. The maximum atomic E-state index is 11.7. The van der Waals surface area contributed by atoms with Crippen LogP contribution in [0, 0.1) is 0 Å². The highest BCUT2D eigenvalue weighted by atomic mass is 32.2. The Morgan fingerprint density at radius 1 is 1.00 bits per heavy atom. The Labute approximate surface area is 105 Å². The number of hydrogen-bond acceptors (Lipinski definition) is 5. The average molecular weight is 285 g/mol. The van der Waals surface area contributed by atoms with E-state index in [9.17, 15) is 16.8 Å². The van der Waals surface area contributed by atoms with Gasteiger partial charge in [0.05, 0.1) is 22.0 Å². The number of sulfone groups is 2. The van der Waals surface area contributed by atoms with Gasteiger partial charge in [0.2, 0.25) is 0 Å². The molecule has 0 bridgehead atoms. The van der Waals surface area contributed by atoms with E-state index in [4.69, 9.17) is 5.73 Å². The molecule has 0 saturated carbocycles. The second-order valence-corrected chi connectivity index (χ2v) is 10.5. The highest BCUT2D eigenvalue weighted by Crippen LogP contribution is 2.16. The predicted octanol–water partition coefficient (Wildman–Crippen LogP) is 0.352. The average Bonchev–Trinajstić information content (AvgIpc) is 2.11.